The van der Waals surface area contributed by atoms with E-state index in [2.05, 4.69) is 10.0 Å². The van der Waals surface area contributed by atoms with Crippen molar-refractivity contribution in [2.75, 3.05) is 36.1 Å². The summed E-state index contributed by atoms with van der Waals surface area (Å²) in [6.07, 6.45) is 2.57. The van der Waals surface area contributed by atoms with Gasteiger partial charge < -0.3 is 10.1 Å². The summed E-state index contributed by atoms with van der Waals surface area (Å²) >= 11 is 0. The van der Waals surface area contributed by atoms with E-state index in [1.54, 1.807) is 13.2 Å². The van der Waals surface area contributed by atoms with Crippen LogP contribution in [0, 0.1) is 0 Å². The fourth-order valence-corrected chi connectivity index (χ4v) is 3.25. The molecule has 1 aliphatic rings. The van der Waals surface area contributed by atoms with E-state index in [0.29, 0.717) is 18.7 Å². The van der Waals surface area contributed by atoms with Crippen LogP contribution in [-0.4, -0.2) is 34.4 Å². The Labute approximate surface area is 114 Å². The third-order valence-corrected chi connectivity index (χ3v) is 4.45. The first kappa shape index (κ1) is 14.1. The van der Waals surface area contributed by atoms with Crippen molar-refractivity contribution in [3.63, 3.8) is 0 Å². The zero-order valence-corrected chi connectivity index (χ0v) is 11.9. The topological polar surface area (TPSA) is 67.4 Å². The smallest absolute Gasteiger partial charge is 0.232 e. The summed E-state index contributed by atoms with van der Waals surface area (Å²) in [6.45, 7) is 1.43. The van der Waals surface area contributed by atoms with E-state index in [9.17, 15) is 8.42 Å². The molecule has 1 aromatic carbocycles. The standard InChI is InChI=1S/C13H20N2O3S/c1-18-8-3-9-19(16,17)15-12-5-6-13-11(10-12)4-2-7-14-13/h5-6,10,14-15H,2-4,7-9H2,1H3. The van der Waals surface area contributed by atoms with Gasteiger partial charge in [-0.15, -0.1) is 0 Å². The highest BCUT2D eigenvalue weighted by atomic mass is 32.2. The fraction of sp³-hybridized carbons (Fsp3) is 0.538. The van der Waals surface area contributed by atoms with Gasteiger partial charge in [0, 0.05) is 31.6 Å². The van der Waals surface area contributed by atoms with Gasteiger partial charge >= 0.3 is 0 Å². The van der Waals surface area contributed by atoms with Crippen molar-refractivity contribution in [2.45, 2.75) is 19.3 Å². The number of benzene rings is 1. The van der Waals surface area contributed by atoms with Gasteiger partial charge in [-0.2, -0.15) is 0 Å². The van der Waals surface area contributed by atoms with Gasteiger partial charge in [-0.25, -0.2) is 8.42 Å². The van der Waals surface area contributed by atoms with Crippen LogP contribution < -0.4 is 10.0 Å². The van der Waals surface area contributed by atoms with E-state index in [1.165, 1.54) is 5.56 Å². The number of methoxy groups -OCH3 is 1. The molecule has 1 aliphatic heterocycles. The lowest BCUT2D eigenvalue weighted by molar-refractivity contribution is 0.199. The van der Waals surface area contributed by atoms with Crippen LogP contribution in [0.2, 0.25) is 0 Å². The van der Waals surface area contributed by atoms with Crippen LogP contribution in [0.5, 0.6) is 0 Å². The molecule has 0 aromatic heterocycles. The second kappa shape index (κ2) is 6.25. The van der Waals surface area contributed by atoms with Crippen molar-refractivity contribution in [1.29, 1.82) is 0 Å². The van der Waals surface area contributed by atoms with E-state index in [0.717, 1.165) is 25.1 Å². The highest BCUT2D eigenvalue weighted by molar-refractivity contribution is 7.92. The average molecular weight is 284 g/mol. The van der Waals surface area contributed by atoms with Crippen molar-refractivity contribution in [1.82, 2.24) is 0 Å². The molecule has 0 saturated carbocycles. The van der Waals surface area contributed by atoms with Gasteiger partial charge in [0.2, 0.25) is 10.0 Å². The quantitative estimate of drug-likeness (QED) is 0.782. The lowest BCUT2D eigenvalue weighted by Crippen LogP contribution is -2.18. The summed E-state index contributed by atoms with van der Waals surface area (Å²) in [6, 6.07) is 5.64. The predicted octanol–water partition coefficient (Wildman–Crippen LogP) is 1.82. The lowest BCUT2D eigenvalue weighted by atomic mass is 10.0. The van der Waals surface area contributed by atoms with Gasteiger partial charge in [-0.05, 0) is 43.0 Å². The Balaban J connectivity index is 2.02. The fourth-order valence-electron chi connectivity index (χ4n) is 2.16. The van der Waals surface area contributed by atoms with Crippen molar-refractivity contribution < 1.29 is 13.2 Å². The van der Waals surface area contributed by atoms with Crippen LogP contribution in [0.3, 0.4) is 0 Å². The van der Waals surface area contributed by atoms with Crippen molar-refractivity contribution in [3.8, 4) is 0 Å². The first-order valence-electron chi connectivity index (χ1n) is 6.47. The minimum atomic E-state index is -3.28. The van der Waals surface area contributed by atoms with Crippen LogP contribution in [0.4, 0.5) is 11.4 Å². The molecule has 1 heterocycles. The van der Waals surface area contributed by atoms with Gasteiger partial charge in [0.15, 0.2) is 0 Å². The summed E-state index contributed by atoms with van der Waals surface area (Å²) in [4.78, 5) is 0. The van der Waals surface area contributed by atoms with E-state index >= 15 is 0 Å². The summed E-state index contributed by atoms with van der Waals surface area (Å²) in [5.74, 6) is 0.0795. The first-order chi connectivity index (χ1) is 9.11. The second-order valence-electron chi connectivity index (χ2n) is 4.67. The molecule has 0 bridgehead atoms. The number of rotatable bonds is 6. The first-order valence-corrected chi connectivity index (χ1v) is 8.12. The molecule has 106 valence electrons. The SMILES string of the molecule is COCCCS(=O)(=O)Nc1ccc2c(c1)CCCN2. The molecule has 19 heavy (non-hydrogen) atoms. The number of hydrogen-bond donors (Lipinski definition) is 2. The molecular formula is C13H20N2O3S. The number of nitrogens with one attached hydrogen (secondary N) is 2. The van der Waals surface area contributed by atoms with E-state index < -0.39 is 10.0 Å². The number of aryl methyl sites for hydroxylation is 1. The Bertz CT molecular complexity index is 529. The number of sulfonamides is 1. The predicted molar refractivity (Wildman–Crippen MR) is 77.2 cm³/mol. The van der Waals surface area contributed by atoms with E-state index in [-0.39, 0.29) is 5.75 Å². The molecular weight excluding hydrogens is 264 g/mol. The lowest BCUT2D eigenvalue weighted by Gasteiger charge is -2.19. The molecule has 0 radical (unpaired) electrons. The minimum absolute atomic E-state index is 0.0795. The summed E-state index contributed by atoms with van der Waals surface area (Å²) < 4.78 is 31.2. The zero-order valence-electron chi connectivity index (χ0n) is 11.1. The molecule has 1 aromatic rings. The molecule has 0 spiro atoms. The molecule has 2 N–H and O–H groups in total. The van der Waals surface area contributed by atoms with Crippen molar-refractivity contribution in [2.24, 2.45) is 0 Å². The Hall–Kier alpha value is -1.27. The maximum atomic E-state index is 11.9. The molecule has 5 nitrogen and oxygen atoms in total. The Morgan fingerprint density at radius 3 is 3.05 bits per heavy atom. The van der Waals surface area contributed by atoms with E-state index in [1.807, 2.05) is 12.1 Å². The van der Waals surface area contributed by atoms with Crippen LogP contribution in [0.25, 0.3) is 0 Å². The Kier molecular flexibility index (Phi) is 4.66. The number of anilines is 2. The maximum Gasteiger partial charge on any atom is 0.232 e. The van der Waals surface area contributed by atoms with Gasteiger partial charge in [-0.1, -0.05) is 0 Å². The third-order valence-electron chi connectivity index (χ3n) is 3.08. The van der Waals surface area contributed by atoms with Crippen molar-refractivity contribution in [3.05, 3.63) is 23.8 Å². The van der Waals surface area contributed by atoms with Gasteiger partial charge in [0.05, 0.1) is 5.75 Å². The minimum Gasteiger partial charge on any atom is -0.385 e. The number of hydrogen-bond acceptors (Lipinski definition) is 4. The highest BCUT2D eigenvalue weighted by Gasteiger charge is 2.13. The monoisotopic (exact) mass is 284 g/mol. The number of ether oxygens (including phenoxy) is 1. The zero-order chi connectivity index (χ0) is 13.7. The maximum absolute atomic E-state index is 11.9. The highest BCUT2D eigenvalue weighted by Crippen LogP contribution is 2.25. The molecule has 0 atom stereocenters. The van der Waals surface area contributed by atoms with E-state index in [4.69, 9.17) is 4.74 Å². The van der Waals surface area contributed by atoms with Gasteiger partial charge in [0.25, 0.3) is 0 Å². The third kappa shape index (κ3) is 4.11. The summed E-state index contributed by atoms with van der Waals surface area (Å²) in [5, 5.41) is 3.30. The van der Waals surface area contributed by atoms with Gasteiger partial charge in [0.1, 0.15) is 0 Å². The van der Waals surface area contributed by atoms with Crippen molar-refractivity contribution >= 4 is 21.4 Å². The van der Waals surface area contributed by atoms with Crippen LogP contribution >= 0.6 is 0 Å². The van der Waals surface area contributed by atoms with Gasteiger partial charge in [-0.3, -0.25) is 4.72 Å². The normalized spacial score (nSPS) is 14.6. The molecule has 2 rings (SSSR count). The average Bonchev–Trinajstić information content (AvgIpc) is 2.38. The molecule has 0 aliphatic carbocycles. The van der Waals surface area contributed by atoms with Crippen LogP contribution in [-0.2, 0) is 21.2 Å². The Morgan fingerprint density at radius 2 is 2.26 bits per heavy atom. The largest absolute Gasteiger partial charge is 0.385 e. The second-order valence-corrected chi connectivity index (χ2v) is 6.51. The van der Waals surface area contributed by atoms with Crippen LogP contribution in [0.1, 0.15) is 18.4 Å². The molecule has 0 fully saturated rings. The molecule has 0 unspecified atom stereocenters. The molecule has 0 saturated heterocycles. The summed E-state index contributed by atoms with van der Waals surface area (Å²) in [7, 11) is -1.72. The molecule has 0 amide bonds. The Morgan fingerprint density at radius 1 is 1.42 bits per heavy atom. The molecule has 6 heteroatoms. The summed E-state index contributed by atoms with van der Waals surface area (Å²) in [5.41, 5.74) is 2.91. The number of fused-ring (bicyclic) bond motifs is 1. The van der Waals surface area contributed by atoms with Crippen LogP contribution in [0.15, 0.2) is 18.2 Å².